The number of hydrogen-bond acceptors (Lipinski definition) is 3. The molecule has 1 aliphatic heterocycles. The van der Waals surface area contributed by atoms with Crippen molar-refractivity contribution in [1.82, 2.24) is 14.5 Å². The first-order valence-corrected chi connectivity index (χ1v) is 11.1. The third-order valence-corrected chi connectivity index (χ3v) is 7.13. The number of nitrogens with zero attached hydrogens (tertiary/aromatic N) is 3. The number of rotatable bonds is 4. The van der Waals surface area contributed by atoms with Crippen molar-refractivity contribution in [3.05, 3.63) is 64.4 Å². The predicted molar refractivity (Wildman–Crippen MR) is 120 cm³/mol. The van der Waals surface area contributed by atoms with E-state index in [0.29, 0.717) is 11.3 Å². The van der Waals surface area contributed by atoms with Gasteiger partial charge in [-0.25, -0.2) is 4.98 Å². The molecule has 0 spiro atoms. The Morgan fingerprint density at radius 2 is 1.97 bits per heavy atom. The number of amides is 1. The first-order valence-electron chi connectivity index (χ1n) is 10.7. The number of benzene rings is 2. The number of primary amides is 1. The third kappa shape index (κ3) is 3.40. The summed E-state index contributed by atoms with van der Waals surface area (Å²) >= 11 is 6.52. The zero-order valence-corrected chi connectivity index (χ0v) is 18.0. The van der Waals surface area contributed by atoms with E-state index in [2.05, 4.69) is 51.7 Å². The van der Waals surface area contributed by atoms with E-state index < -0.39 is 0 Å². The van der Waals surface area contributed by atoms with Crippen LogP contribution in [0.25, 0.3) is 11.0 Å². The van der Waals surface area contributed by atoms with E-state index in [4.69, 9.17) is 17.3 Å². The van der Waals surface area contributed by atoms with E-state index in [9.17, 15) is 4.79 Å². The van der Waals surface area contributed by atoms with Gasteiger partial charge in [0, 0.05) is 25.7 Å². The number of likely N-dealkylation sites (tertiary alicyclic amines) is 1. The van der Waals surface area contributed by atoms with Crippen LogP contribution in [-0.4, -0.2) is 40.0 Å². The number of aromatic nitrogens is 2. The Labute approximate surface area is 181 Å². The molecule has 1 aromatic heterocycles. The molecule has 2 N–H and O–H groups in total. The summed E-state index contributed by atoms with van der Waals surface area (Å²) in [5, 5.41) is 0.578. The van der Waals surface area contributed by atoms with Crippen LogP contribution < -0.4 is 5.73 Å². The molecule has 6 heteroatoms. The van der Waals surface area contributed by atoms with Crippen molar-refractivity contribution in [2.75, 3.05) is 19.6 Å². The number of fused-ring (bicyclic) bond motifs is 2. The van der Waals surface area contributed by atoms with E-state index in [1.807, 2.05) is 12.1 Å². The maximum atomic E-state index is 12.2. The van der Waals surface area contributed by atoms with Crippen LogP contribution in [0.3, 0.4) is 0 Å². The Morgan fingerprint density at radius 1 is 1.20 bits per heavy atom. The lowest BCUT2D eigenvalue weighted by Crippen LogP contribution is -2.40. The standard InChI is InChI=1S/C24H27ClN4O/c1-15-6-7-21-20(12-15)27-24(25)29(21)18-8-10-28(11-9-18)14-17-13-16-4-2-3-5-19(16)22(17)23(26)30/h2-7,12,17-18,22H,8-11,13-14H2,1H3,(H2,26,30). The molecule has 2 aliphatic rings. The first kappa shape index (κ1) is 19.6. The van der Waals surface area contributed by atoms with Gasteiger partial charge in [0.15, 0.2) is 0 Å². The molecule has 156 valence electrons. The summed E-state index contributed by atoms with van der Waals surface area (Å²) < 4.78 is 2.20. The number of aryl methyl sites for hydroxylation is 1. The molecule has 2 aromatic carbocycles. The highest BCUT2D eigenvalue weighted by Gasteiger charge is 2.37. The molecular weight excluding hydrogens is 396 g/mol. The van der Waals surface area contributed by atoms with Crippen molar-refractivity contribution in [1.29, 1.82) is 0 Å². The molecule has 30 heavy (non-hydrogen) atoms. The summed E-state index contributed by atoms with van der Waals surface area (Å²) in [5.74, 6) is -0.113. The normalized spacial score (nSPS) is 22.5. The van der Waals surface area contributed by atoms with Gasteiger partial charge in [0.2, 0.25) is 11.2 Å². The molecular formula is C24H27ClN4O. The summed E-state index contributed by atoms with van der Waals surface area (Å²) in [6.45, 7) is 4.97. The lowest BCUT2D eigenvalue weighted by molar-refractivity contribution is -0.120. The fourth-order valence-corrected chi connectivity index (χ4v) is 5.77. The van der Waals surface area contributed by atoms with Gasteiger partial charge in [-0.05, 0) is 72.5 Å². The van der Waals surface area contributed by atoms with Gasteiger partial charge in [0.1, 0.15) is 0 Å². The quantitative estimate of drug-likeness (QED) is 0.689. The number of halogens is 1. The number of hydrogen-bond donors (Lipinski definition) is 1. The van der Waals surface area contributed by atoms with Crippen molar-refractivity contribution in [2.45, 2.75) is 38.1 Å². The fourth-order valence-electron chi connectivity index (χ4n) is 5.45. The average molecular weight is 423 g/mol. The van der Waals surface area contributed by atoms with Gasteiger partial charge >= 0.3 is 0 Å². The van der Waals surface area contributed by atoms with E-state index in [1.165, 1.54) is 11.1 Å². The molecule has 5 nitrogen and oxygen atoms in total. The molecule has 2 heterocycles. The number of piperidine rings is 1. The Balaban J connectivity index is 1.28. The Hall–Kier alpha value is -2.37. The van der Waals surface area contributed by atoms with Gasteiger partial charge < -0.3 is 15.2 Å². The van der Waals surface area contributed by atoms with Crippen LogP contribution in [-0.2, 0) is 11.2 Å². The minimum absolute atomic E-state index is 0.172. The van der Waals surface area contributed by atoms with Crippen molar-refractivity contribution >= 4 is 28.5 Å². The van der Waals surface area contributed by atoms with Crippen molar-refractivity contribution in [3.8, 4) is 0 Å². The summed E-state index contributed by atoms with van der Waals surface area (Å²) in [5.41, 5.74) is 11.5. The van der Waals surface area contributed by atoms with E-state index in [-0.39, 0.29) is 17.7 Å². The van der Waals surface area contributed by atoms with Gasteiger partial charge in [-0.2, -0.15) is 0 Å². The number of nitrogens with two attached hydrogens (primary N) is 1. The molecule has 2 unspecified atom stereocenters. The number of imidazole rings is 1. The van der Waals surface area contributed by atoms with Crippen molar-refractivity contribution in [2.24, 2.45) is 11.7 Å². The van der Waals surface area contributed by atoms with Crippen LogP contribution in [0, 0.1) is 12.8 Å². The summed E-state index contributed by atoms with van der Waals surface area (Å²) in [7, 11) is 0. The maximum Gasteiger partial charge on any atom is 0.225 e. The topological polar surface area (TPSA) is 64.2 Å². The van der Waals surface area contributed by atoms with Crippen LogP contribution in [0.5, 0.6) is 0 Å². The van der Waals surface area contributed by atoms with E-state index in [0.717, 1.165) is 55.5 Å². The highest BCUT2D eigenvalue weighted by atomic mass is 35.5. The van der Waals surface area contributed by atoms with Crippen LogP contribution in [0.15, 0.2) is 42.5 Å². The zero-order valence-electron chi connectivity index (χ0n) is 17.2. The molecule has 0 saturated carbocycles. The largest absolute Gasteiger partial charge is 0.369 e. The van der Waals surface area contributed by atoms with E-state index >= 15 is 0 Å². The average Bonchev–Trinajstić information content (AvgIpc) is 3.24. The summed E-state index contributed by atoms with van der Waals surface area (Å²) in [4.78, 5) is 19.2. The van der Waals surface area contributed by atoms with Crippen molar-refractivity contribution < 1.29 is 4.79 Å². The Bertz CT molecular complexity index is 1100. The smallest absolute Gasteiger partial charge is 0.225 e. The van der Waals surface area contributed by atoms with Crippen LogP contribution >= 0.6 is 11.6 Å². The molecule has 0 bridgehead atoms. The number of carbonyl (C=O) groups excluding carboxylic acids is 1. The van der Waals surface area contributed by atoms with E-state index in [1.54, 1.807) is 0 Å². The lowest BCUT2D eigenvalue weighted by Gasteiger charge is -2.35. The monoisotopic (exact) mass is 422 g/mol. The molecule has 1 aliphatic carbocycles. The van der Waals surface area contributed by atoms with Gasteiger partial charge in [-0.15, -0.1) is 0 Å². The minimum atomic E-state index is -0.202. The molecule has 3 aromatic rings. The van der Waals surface area contributed by atoms with Gasteiger partial charge in [-0.3, -0.25) is 4.79 Å². The van der Waals surface area contributed by atoms with Crippen molar-refractivity contribution in [3.63, 3.8) is 0 Å². The lowest BCUT2D eigenvalue weighted by atomic mass is 9.90. The molecule has 0 radical (unpaired) electrons. The minimum Gasteiger partial charge on any atom is -0.369 e. The Morgan fingerprint density at radius 3 is 2.73 bits per heavy atom. The predicted octanol–water partition coefficient (Wildman–Crippen LogP) is 4.08. The first-order chi connectivity index (χ1) is 14.5. The SMILES string of the molecule is Cc1ccc2c(c1)nc(Cl)n2C1CCN(CC2Cc3ccccc3C2C(N)=O)CC1. The van der Waals surface area contributed by atoms with Crippen LogP contribution in [0.4, 0.5) is 0 Å². The van der Waals surface area contributed by atoms with Gasteiger partial charge in [-0.1, -0.05) is 30.3 Å². The van der Waals surface area contributed by atoms with Crippen LogP contribution in [0.1, 0.15) is 41.5 Å². The molecule has 2 atom stereocenters. The molecule has 1 saturated heterocycles. The van der Waals surface area contributed by atoms with Crippen LogP contribution in [0.2, 0.25) is 5.28 Å². The highest BCUT2D eigenvalue weighted by molar-refractivity contribution is 6.29. The molecule has 5 rings (SSSR count). The highest BCUT2D eigenvalue weighted by Crippen LogP contribution is 2.39. The second kappa shape index (κ2) is 7.71. The second-order valence-corrected chi connectivity index (χ2v) is 9.16. The molecule has 1 fully saturated rings. The summed E-state index contributed by atoms with van der Waals surface area (Å²) in [6, 6.07) is 14.9. The molecule has 1 amide bonds. The van der Waals surface area contributed by atoms with Gasteiger partial charge in [0.25, 0.3) is 0 Å². The van der Waals surface area contributed by atoms with Gasteiger partial charge in [0.05, 0.1) is 17.0 Å². The maximum absolute atomic E-state index is 12.2. The Kier molecular flexibility index (Phi) is 5.03. The third-order valence-electron chi connectivity index (χ3n) is 6.87. The second-order valence-electron chi connectivity index (χ2n) is 8.82. The fraction of sp³-hybridized carbons (Fsp3) is 0.417. The summed E-state index contributed by atoms with van der Waals surface area (Å²) in [6.07, 6.45) is 2.99. The zero-order chi connectivity index (χ0) is 20.8. The number of carbonyl (C=O) groups is 1.